The van der Waals surface area contributed by atoms with Crippen molar-refractivity contribution in [3.8, 4) is 0 Å². The fourth-order valence-corrected chi connectivity index (χ4v) is 5.33. The fraction of sp³-hybridized carbons (Fsp3) is 0.355. The average Bonchev–Trinajstić information content (AvgIpc) is 3.22. The van der Waals surface area contributed by atoms with Gasteiger partial charge in [-0.3, -0.25) is 14.6 Å². The molecule has 2 aromatic carbocycles. The lowest BCUT2D eigenvalue weighted by Crippen LogP contribution is -2.42. The lowest BCUT2D eigenvalue weighted by Gasteiger charge is -2.19. The van der Waals surface area contributed by atoms with Crippen LogP contribution in [0.15, 0.2) is 54.7 Å². The number of aryl methyl sites for hydroxylation is 5. The van der Waals surface area contributed by atoms with Gasteiger partial charge in [0, 0.05) is 42.5 Å². The van der Waals surface area contributed by atoms with E-state index in [9.17, 15) is 19.5 Å². The molecule has 1 fully saturated rings. The summed E-state index contributed by atoms with van der Waals surface area (Å²) >= 11 is 0. The van der Waals surface area contributed by atoms with E-state index in [1.54, 1.807) is 4.90 Å². The molecule has 0 spiro atoms. The number of hydrogen-bond acceptors (Lipinski definition) is 4. The molecule has 1 aliphatic rings. The third-order valence-corrected chi connectivity index (χ3v) is 7.18. The Hall–Kier alpha value is -3.65. The summed E-state index contributed by atoms with van der Waals surface area (Å²) in [7, 11) is 0. The molecule has 0 aliphatic carbocycles. The average molecular weight is 548 g/mol. The van der Waals surface area contributed by atoms with Crippen LogP contribution >= 0.6 is 13.5 Å². The minimum atomic E-state index is -1.09. The Morgan fingerprint density at radius 1 is 1.03 bits per heavy atom. The van der Waals surface area contributed by atoms with Gasteiger partial charge < -0.3 is 15.3 Å². The maximum absolute atomic E-state index is 12.9. The number of carboxylic acid groups (broad SMARTS) is 1. The van der Waals surface area contributed by atoms with Crippen LogP contribution in [0, 0.1) is 33.6 Å². The predicted octanol–water partition coefficient (Wildman–Crippen LogP) is 4.84. The van der Waals surface area contributed by atoms with Gasteiger partial charge in [0.15, 0.2) is 0 Å². The summed E-state index contributed by atoms with van der Waals surface area (Å²) in [5.41, 5.74) is 7.01. The first kappa shape index (κ1) is 29.9. The van der Waals surface area contributed by atoms with Crippen molar-refractivity contribution in [1.29, 1.82) is 0 Å². The van der Waals surface area contributed by atoms with E-state index in [2.05, 4.69) is 16.4 Å². The van der Waals surface area contributed by atoms with E-state index in [0.717, 1.165) is 46.5 Å². The van der Waals surface area contributed by atoms with Crippen molar-refractivity contribution >= 4 is 37.0 Å². The topological polar surface area (TPSA) is 99.6 Å². The Kier molecular flexibility index (Phi) is 9.92. The summed E-state index contributed by atoms with van der Waals surface area (Å²) in [4.78, 5) is 43.8. The van der Waals surface area contributed by atoms with E-state index in [1.165, 1.54) is 5.56 Å². The van der Waals surface area contributed by atoms with Gasteiger partial charge >= 0.3 is 5.97 Å². The number of rotatable bonds is 9. The van der Waals surface area contributed by atoms with Crippen LogP contribution in [0.2, 0.25) is 0 Å². The standard InChI is InChI=1S/C31H35N3O4.H2S/c1-19-11-12-32-25(15-19)8-5-24-17-28(35)34(18-24)26-9-6-23(7-10-26)16-27(31(37)38)33-30(36)29-21(3)13-20(2)14-22(29)4;/h6-7,9-15,24,27H,5,8,16-18H2,1-4H3,(H,33,36)(H,37,38);1H2/t24?,27-;/m0./s1. The molecule has 2 amide bonds. The maximum atomic E-state index is 12.9. The quantitative estimate of drug-likeness (QED) is 0.399. The molecule has 1 aromatic heterocycles. The molecule has 3 aromatic rings. The number of aromatic nitrogens is 1. The Bertz CT molecular complexity index is 1330. The van der Waals surface area contributed by atoms with Crippen LogP contribution in [0.4, 0.5) is 5.69 Å². The van der Waals surface area contributed by atoms with Crippen molar-refractivity contribution in [2.24, 2.45) is 5.92 Å². The Morgan fingerprint density at radius 3 is 2.31 bits per heavy atom. The number of anilines is 1. The molecule has 8 heteroatoms. The maximum Gasteiger partial charge on any atom is 0.326 e. The lowest BCUT2D eigenvalue weighted by atomic mass is 9.98. The molecule has 2 N–H and O–H groups in total. The van der Waals surface area contributed by atoms with E-state index >= 15 is 0 Å². The number of carboxylic acids is 1. The molecule has 1 saturated heterocycles. The summed E-state index contributed by atoms with van der Waals surface area (Å²) in [6.45, 7) is 8.38. The predicted molar refractivity (Wildman–Crippen MR) is 158 cm³/mol. The molecule has 39 heavy (non-hydrogen) atoms. The van der Waals surface area contributed by atoms with Crippen LogP contribution in [0.5, 0.6) is 0 Å². The normalized spacial score (nSPS) is 15.5. The van der Waals surface area contributed by atoms with E-state index in [1.807, 2.05) is 76.4 Å². The second kappa shape index (κ2) is 12.9. The van der Waals surface area contributed by atoms with Crippen LogP contribution < -0.4 is 10.2 Å². The van der Waals surface area contributed by atoms with Crippen molar-refractivity contribution < 1.29 is 19.5 Å². The van der Waals surface area contributed by atoms with E-state index in [-0.39, 0.29) is 31.7 Å². The third-order valence-electron chi connectivity index (χ3n) is 7.18. The van der Waals surface area contributed by atoms with Crippen LogP contribution in [0.25, 0.3) is 0 Å². The monoisotopic (exact) mass is 547 g/mol. The van der Waals surface area contributed by atoms with Gasteiger partial charge in [0.05, 0.1) is 0 Å². The Balaban J connectivity index is 0.00000420. The van der Waals surface area contributed by atoms with Gasteiger partial charge in [0.1, 0.15) is 6.04 Å². The highest BCUT2D eigenvalue weighted by atomic mass is 32.1. The molecule has 2 atom stereocenters. The number of nitrogens with zero attached hydrogens (tertiary/aromatic N) is 2. The fourth-order valence-electron chi connectivity index (χ4n) is 5.33. The molecule has 0 bridgehead atoms. The highest BCUT2D eigenvalue weighted by Gasteiger charge is 2.30. The van der Waals surface area contributed by atoms with Crippen molar-refractivity contribution in [3.05, 3.63) is 93.8 Å². The Labute approximate surface area is 237 Å². The van der Waals surface area contributed by atoms with Gasteiger partial charge in [0.25, 0.3) is 5.91 Å². The Morgan fingerprint density at radius 2 is 1.69 bits per heavy atom. The first-order valence-corrected chi connectivity index (χ1v) is 13.0. The number of benzene rings is 2. The minimum Gasteiger partial charge on any atom is -0.480 e. The van der Waals surface area contributed by atoms with Gasteiger partial charge in [-0.1, -0.05) is 29.8 Å². The van der Waals surface area contributed by atoms with Gasteiger partial charge in [-0.2, -0.15) is 13.5 Å². The van der Waals surface area contributed by atoms with Gasteiger partial charge in [-0.05, 0) is 93.0 Å². The van der Waals surface area contributed by atoms with Gasteiger partial charge in [-0.25, -0.2) is 4.79 Å². The van der Waals surface area contributed by atoms with Crippen LogP contribution in [0.3, 0.4) is 0 Å². The number of aliphatic carboxylic acids is 1. The zero-order valence-corrected chi connectivity index (χ0v) is 24.0. The molecule has 1 aliphatic heterocycles. The third kappa shape index (κ3) is 7.47. The second-order valence-electron chi connectivity index (χ2n) is 10.4. The summed E-state index contributed by atoms with van der Waals surface area (Å²) < 4.78 is 0. The molecular weight excluding hydrogens is 510 g/mol. The smallest absolute Gasteiger partial charge is 0.326 e. The highest BCUT2D eigenvalue weighted by Crippen LogP contribution is 2.28. The van der Waals surface area contributed by atoms with Crippen LogP contribution in [0.1, 0.15) is 56.7 Å². The number of amides is 2. The van der Waals surface area contributed by atoms with Crippen molar-refractivity contribution in [3.63, 3.8) is 0 Å². The SMILES string of the molecule is Cc1ccnc(CCC2CC(=O)N(c3ccc(C[C@H](NC(=O)c4c(C)cc(C)cc4C)C(=O)O)cc3)C2)c1.S. The molecular formula is C31H37N3O4S. The second-order valence-corrected chi connectivity index (χ2v) is 10.4. The lowest BCUT2D eigenvalue weighted by molar-refractivity contribution is -0.139. The number of pyridine rings is 1. The van der Waals surface area contributed by atoms with Gasteiger partial charge in [0.2, 0.25) is 5.91 Å². The largest absolute Gasteiger partial charge is 0.480 e. The number of nitrogens with one attached hydrogen (secondary N) is 1. The van der Waals surface area contributed by atoms with E-state index < -0.39 is 17.9 Å². The van der Waals surface area contributed by atoms with Crippen molar-refractivity contribution in [2.45, 2.75) is 59.4 Å². The molecule has 0 radical (unpaired) electrons. The van der Waals surface area contributed by atoms with E-state index in [0.29, 0.717) is 18.5 Å². The minimum absolute atomic E-state index is 0. The molecule has 206 valence electrons. The number of hydrogen-bond donors (Lipinski definition) is 2. The summed E-state index contributed by atoms with van der Waals surface area (Å²) in [6, 6.07) is 14.2. The molecule has 1 unspecified atom stereocenters. The zero-order valence-electron chi connectivity index (χ0n) is 23.0. The van der Waals surface area contributed by atoms with Crippen LogP contribution in [-0.4, -0.2) is 40.5 Å². The zero-order chi connectivity index (χ0) is 27.4. The number of carbonyl (C=O) groups excluding carboxylic acids is 2. The first-order chi connectivity index (χ1) is 18.1. The van der Waals surface area contributed by atoms with Crippen molar-refractivity contribution in [1.82, 2.24) is 10.3 Å². The van der Waals surface area contributed by atoms with Gasteiger partial charge in [-0.15, -0.1) is 0 Å². The molecule has 0 saturated carbocycles. The highest BCUT2D eigenvalue weighted by molar-refractivity contribution is 7.59. The molecule has 7 nitrogen and oxygen atoms in total. The molecule has 2 heterocycles. The number of carbonyl (C=O) groups is 3. The summed E-state index contributed by atoms with van der Waals surface area (Å²) in [5, 5.41) is 12.5. The van der Waals surface area contributed by atoms with Crippen LogP contribution in [-0.2, 0) is 22.4 Å². The molecule has 4 rings (SSSR count). The first-order valence-electron chi connectivity index (χ1n) is 13.0. The van der Waals surface area contributed by atoms with E-state index in [4.69, 9.17) is 0 Å². The van der Waals surface area contributed by atoms with Crippen molar-refractivity contribution in [2.75, 3.05) is 11.4 Å². The summed E-state index contributed by atoms with van der Waals surface area (Å²) in [5.74, 6) is -1.12. The summed E-state index contributed by atoms with van der Waals surface area (Å²) in [6.07, 6.45) is 4.22.